The quantitative estimate of drug-likeness (QED) is 0.601. The van der Waals surface area contributed by atoms with Crippen molar-refractivity contribution >= 4 is 17.1 Å². The lowest BCUT2D eigenvalue weighted by atomic mass is 10.0. The average molecular weight is 287 g/mol. The zero-order valence-electron chi connectivity index (χ0n) is 11.9. The van der Waals surface area contributed by atoms with Crippen molar-refractivity contribution in [1.29, 1.82) is 0 Å². The van der Waals surface area contributed by atoms with Gasteiger partial charge in [-0.3, -0.25) is 0 Å². The molecule has 0 saturated heterocycles. The van der Waals surface area contributed by atoms with Gasteiger partial charge >= 0.3 is 0 Å². The van der Waals surface area contributed by atoms with Crippen molar-refractivity contribution in [2.24, 2.45) is 0 Å². The first-order chi connectivity index (χ1) is 10.2. The lowest BCUT2D eigenvalue weighted by molar-refractivity contribution is 0.281. The predicted octanol–water partition coefficient (Wildman–Crippen LogP) is 1.31. The molecule has 2 rings (SSSR count). The van der Waals surface area contributed by atoms with E-state index in [0.717, 1.165) is 16.8 Å². The Labute approximate surface area is 124 Å². The number of nitrogens with zero attached hydrogens (tertiary/aromatic N) is 1. The fraction of sp³-hybridized carbons (Fsp3) is 0.250. The molecule has 0 unspecified atom stereocenters. The van der Waals surface area contributed by atoms with Crippen molar-refractivity contribution in [3.8, 4) is 11.1 Å². The number of benzene rings is 2. The summed E-state index contributed by atoms with van der Waals surface area (Å²) in [4.78, 5) is 1.92. The SMILES string of the molecule is Nc1ccc(-c2cc(N(CCO)CCO)ccc2N)cc1. The van der Waals surface area contributed by atoms with Crippen LogP contribution in [0.4, 0.5) is 17.1 Å². The van der Waals surface area contributed by atoms with Gasteiger partial charge in [0, 0.05) is 35.7 Å². The highest BCUT2D eigenvalue weighted by molar-refractivity contribution is 5.80. The lowest BCUT2D eigenvalue weighted by Gasteiger charge is -2.24. The third kappa shape index (κ3) is 3.65. The van der Waals surface area contributed by atoms with Crippen LogP contribution in [0.5, 0.6) is 0 Å². The first-order valence-electron chi connectivity index (χ1n) is 6.88. The van der Waals surface area contributed by atoms with Crippen LogP contribution in [-0.4, -0.2) is 36.5 Å². The first-order valence-corrected chi connectivity index (χ1v) is 6.88. The molecule has 0 heterocycles. The smallest absolute Gasteiger partial charge is 0.0606 e. The number of hydrogen-bond donors (Lipinski definition) is 4. The van der Waals surface area contributed by atoms with Gasteiger partial charge in [-0.05, 0) is 35.9 Å². The highest BCUT2D eigenvalue weighted by atomic mass is 16.3. The summed E-state index contributed by atoms with van der Waals surface area (Å²) in [6.45, 7) is 0.987. The number of nitrogen functional groups attached to an aromatic ring is 2. The molecule has 0 aliphatic carbocycles. The predicted molar refractivity (Wildman–Crippen MR) is 87.1 cm³/mol. The summed E-state index contributed by atoms with van der Waals surface area (Å²) in [6, 6.07) is 13.2. The summed E-state index contributed by atoms with van der Waals surface area (Å²) < 4.78 is 0. The summed E-state index contributed by atoms with van der Waals surface area (Å²) in [5.41, 5.74) is 16.0. The number of hydrogen-bond acceptors (Lipinski definition) is 5. The summed E-state index contributed by atoms with van der Waals surface area (Å²) in [5, 5.41) is 18.3. The van der Waals surface area contributed by atoms with E-state index in [0.29, 0.717) is 24.5 Å². The summed E-state index contributed by atoms with van der Waals surface area (Å²) in [7, 11) is 0. The third-order valence-corrected chi connectivity index (χ3v) is 3.36. The topological polar surface area (TPSA) is 95.7 Å². The van der Waals surface area contributed by atoms with Gasteiger partial charge in [-0.1, -0.05) is 12.1 Å². The molecule has 6 N–H and O–H groups in total. The van der Waals surface area contributed by atoms with Crippen LogP contribution in [0, 0.1) is 0 Å². The maximum absolute atomic E-state index is 9.13. The monoisotopic (exact) mass is 287 g/mol. The van der Waals surface area contributed by atoms with Crippen molar-refractivity contribution in [1.82, 2.24) is 0 Å². The van der Waals surface area contributed by atoms with Gasteiger partial charge < -0.3 is 26.6 Å². The molecule has 0 amide bonds. The second-order valence-electron chi connectivity index (χ2n) is 4.83. The number of rotatable bonds is 6. The van der Waals surface area contributed by atoms with Crippen LogP contribution in [0.2, 0.25) is 0 Å². The van der Waals surface area contributed by atoms with Gasteiger partial charge in [0.2, 0.25) is 0 Å². The van der Waals surface area contributed by atoms with Crippen molar-refractivity contribution in [3.05, 3.63) is 42.5 Å². The Morgan fingerprint density at radius 2 is 1.48 bits per heavy atom. The van der Waals surface area contributed by atoms with Crippen LogP contribution in [0.1, 0.15) is 0 Å². The van der Waals surface area contributed by atoms with Crippen LogP contribution >= 0.6 is 0 Å². The van der Waals surface area contributed by atoms with Gasteiger partial charge in [-0.25, -0.2) is 0 Å². The molecule has 5 heteroatoms. The van der Waals surface area contributed by atoms with Gasteiger partial charge in [0.05, 0.1) is 13.2 Å². The van der Waals surface area contributed by atoms with E-state index < -0.39 is 0 Å². The van der Waals surface area contributed by atoms with E-state index in [2.05, 4.69) is 0 Å². The van der Waals surface area contributed by atoms with Crippen molar-refractivity contribution in [2.75, 3.05) is 42.7 Å². The van der Waals surface area contributed by atoms with E-state index in [1.165, 1.54) is 0 Å². The Bertz CT molecular complexity index is 579. The van der Waals surface area contributed by atoms with Gasteiger partial charge in [-0.15, -0.1) is 0 Å². The van der Waals surface area contributed by atoms with E-state index in [1.807, 2.05) is 47.4 Å². The van der Waals surface area contributed by atoms with Gasteiger partial charge in [0.15, 0.2) is 0 Å². The van der Waals surface area contributed by atoms with Crippen molar-refractivity contribution < 1.29 is 10.2 Å². The zero-order chi connectivity index (χ0) is 15.2. The average Bonchev–Trinajstić information content (AvgIpc) is 2.49. The molecule has 0 radical (unpaired) electrons. The summed E-state index contributed by atoms with van der Waals surface area (Å²) >= 11 is 0. The largest absolute Gasteiger partial charge is 0.399 e. The lowest BCUT2D eigenvalue weighted by Crippen LogP contribution is -2.29. The molecule has 0 fully saturated rings. The molecule has 21 heavy (non-hydrogen) atoms. The third-order valence-electron chi connectivity index (χ3n) is 3.36. The highest BCUT2D eigenvalue weighted by Gasteiger charge is 2.09. The second-order valence-corrected chi connectivity index (χ2v) is 4.83. The van der Waals surface area contributed by atoms with E-state index in [-0.39, 0.29) is 13.2 Å². The van der Waals surface area contributed by atoms with Crippen LogP contribution in [0.15, 0.2) is 42.5 Å². The fourth-order valence-electron chi connectivity index (χ4n) is 2.27. The Kier molecular flexibility index (Phi) is 5.03. The van der Waals surface area contributed by atoms with Gasteiger partial charge in [-0.2, -0.15) is 0 Å². The first kappa shape index (κ1) is 15.2. The molecule has 0 atom stereocenters. The Balaban J connectivity index is 2.38. The molecular formula is C16H21N3O2. The van der Waals surface area contributed by atoms with E-state index in [9.17, 15) is 0 Å². The Hall–Kier alpha value is -2.24. The van der Waals surface area contributed by atoms with E-state index >= 15 is 0 Å². The molecule has 0 aliphatic rings. The summed E-state index contributed by atoms with van der Waals surface area (Å²) in [5.74, 6) is 0. The minimum atomic E-state index is 0.0293. The number of aliphatic hydroxyl groups is 2. The van der Waals surface area contributed by atoms with Gasteiger partial charge in [0.25, 0.3) is 0 Å². The molecule has 0 bridgehead atoms. The number of anilines is 3. The molecular weight excluding hydrogens is 266 g/mol. The van der Waals surface area contributed by atoms with Gasteiger partial charge in [0.1, 0.15) is 0 Å². The fourth-order valence-corrected chi connectivity index (χ4v) is 2.27. The van der Waals surface area contributed by atoms with Crippen LogP contribution in [0.3, 0.4) is 0 Å². The molecule has 0 spiro atoms. The summed E-state index contributed by atoms with van der Waals surface area (Å²) in [6.07, 6.45) is 0. The standard InChI is InChI=1S/C16H21N3O2/c17-13-3-1-12(2-4-13)15-11-14(5-6-16(15)18)19(7-9-20)8-10-21/h1-6,11,20-21H,7-10,17-18H2. The molecule has 2 aromatic carbocycles. The normalized spacial score (nSPS) is 10.6. The van der Waals surface area contributed by atoms with E-state index in [1.54, 1.807) is 0 Å². The molecule has 112 valence electrons. The highest BCUT2D eigenvalue weighted by Crippen LogP contribution is 2.30. The molecule has 0 aliphatic heterocycles. The second kappa shape index (κ2) is 6.97. The zero-order valence-corrected chi connectivity index (χ0v) is 11.9. The van der Waals surface area contributed by atoms with Crippen LogP contribution < -0.4 is 16.4 Å². The van der Waals surface area contributed by atoms with Crippen LogP contribution in [-0.2, 0) is 0 Å². The van der Waals surface area contributed by atoms with Crippen molar-refractivity contribution in [3.63, 3.8) is 0 Å². The molecule has 0 saturated carbocycles. The maximum atomic E-state index is 9.13. The van der Waals surface area contributed by atoms with E-state index in [4.69, 9.17) is 21.7 Å². The number of aliphatic hydroxyl groups excluding tert-OH is 2. The Morgan fingerprint density at radius 1 is 0.857 bits per heavy atom. The minimum Gasteiger partial charge on any atom is -0.399 e. The minimum absolute atomic E-state index is 0.0293. The molecule has 2 aromatic rings. The molecule has 0 aromatic heterocycles. The molecule has 5 nitrogen and oxygen atoms in total. The van der Waals surface area contributed by atoms with Crippen LogP contribution in [0.25, 0.3) is 11.1 Å². The maximum Gasteiger partial charge on any atom is 0.0606 e. The Morgan fingerprint density at radius 3 is 2.05 bits per heavy atom. The number of nitrogens with two attached hydrogens (primary N) is 2. The van der Waals surface area contributed by atoms with Crippen molar-refractivity contribution in [2.45, 2.75) is 0 Å².